The van der Waals surface area contributed by atoms with Gasteiger partial charge in [-0.25, -0.2) is 4.90 Å². The lowest BCUT2D eigenvalue weighted by Crippen LogP contribution is -2.64. The number of nitrogens with zero attached hydrogens (tertiary/aromatic N) is 2. The van der Waals surface area contributed by atoms with Crippen molar-refractivity contribution in [2.24, 2.45) is 0 Å². The van der Waals surface area contributed by atoms with E-state index in [0.717, 1.165) is 36.2 Å². The Morgan fingerprint density at radius 2 is 1.57 bits per heavy atom. The summed E-state index contributed by atoms with van der Waals surface area (Å²) >= 11 is 0. The highest BCUT2D eigenvalue weighted by atomic mass is 16.6. The van der Waals surface area contributed by atoms with Gasteiger partial charge < -0.3 is 10.1 Å². The molecule has 3 aromatic rings. The van der Waals surface area contributed by atoms with E-state index < -0.39 is 17.8 Å². The van der Waals surface area contributed by atoms with E-state index in [1.807, 2.05) is 89.8 Å². The number of fused-ring (bicyclic) bond motifs is 1. The molecular weight excluding hydrogens is 462 g/mol. The molecule has 3 aromatic carbocycles. The molecule has 6 nitrogen and oxygen atoms in total. The Kier molecular flexibility index (Phi) is 6.47. The van der Waals surface area contributed by atoms with Crippen LogP contribution in [0.4, 0.5) is 0 Å². The maximum absolute atomic E-state index is 14.4. The average Bonchev–Trinajstić information content (AvgIpc) is 3.28. The number of benzene rings is 3. The molecule has 2 fully saturated rings. The first-order chi connectivity index (χ1) is 18.2. The van der Waals surface area contributed by atoms with Crippen LogP contribution >= 0.6 is 0 Å². The molecule has 37 heavy (non-hydrogen) atoms. The molecule has 0 spiro atoms. The quantitative estimate of drug-likeness (QED) is 0.321. The summed E-state index contributed by atoms with van der Waals surface area (Å²) < 4.78 is 6.32. The van der Waals surface area contributed by atoms with E-state index in [2.05, 4.69) is 22.4 Å². The van der Waals surface area contributed by atoms with Crippen LogP contribution in [0.25, 0.3) is 0 Å². The molecule has 0 bridgehead atoms. The van der Waals surface area contributed by atoms with Crippen LogP contribution in [-0.4, -0.2) is 59.8 Å². The van der Waals surface area contributed by atoms with Crippen LogP contribution in [0.3, 0.4) is 0 Å². The predicted molar refractivity (Wildman–Crippen MR) is 142 cm³/mol. The number of carbonyl (C=O) groups is 2. The third-order valence-electron chi connectivity index (χ3n) is 7.68. The van der Waals surface area contributed by atoms with Crippen LogP contribution in [0, 0.1) is 0 Å². The standard InChI is InChI=1S/C31H31N3O3/c35-29(26-17-9-8-12-23(26)22-33-18-10-3-11-19-33)27-20-32-21-28-30(36)37-31(34(27)28,24-13-4-1-5-14-24)25-15-6-2-7-16-25/h1-10,12-17,27-28,32H,11,18-22H2. The SMILES string of the molecule is O=C1OC(c2ccccc2)(c2ccccc2)N2C1CNCC2C(=O)c1ccccc1CN1CC=CCC1. The number of ether oxygens (including phenoxy) is 1. The van der Waals surface area contributed by atoms with Gasteiger partial charge in [-0.3, -0.25) is 14.5 Å². The number of piperazine rings is 1. The molecule has 2 unspecified atom stereocenters. The van der Waals surface area contributed by atoms with E-state index in [9.17, 15) is 9.59 Å². The second kappa shape index (κ2) is 10.1. The molecule has 0 radical (unpaired) electrons. The molecular formula is C31H31N3O3. The number of carbonyl (C=O) groups excluding carboxylic acids is 2. The van der Waals surface area contributed by atoms with E-state index in [-0.39, 0.29) is 11.8 Å². The molecule has 1 N–H and O–H groups in total. The van der Waals surface area contributed by atoms with Crippen molar-refractivity contribution in [1.29, 1.82) is 0 Å². The summed E-state index contributed by atoms with van der Waals surface area (Å²) in [6.07, 6.45) is 5.41. The molecule has 2 atom stereocenters. The smallest absolute Gasteiger partial charge is 0.327 e. The first kappa shape index (κ1) is 23.8. The molecule has 3 aliphatic rings. The fourth-order valence-electron chi connectivity index (χ4n) is 5.96. The van der Waals surface area contributed by atoms with Crippen LogP contribution in [0.15, 0.2) is 97.1 Å². The van der Waals surface area contributed by atoms with Gasteiger partial charge in [0.2, 0.25) is 5.72 Å². The number of ketones is 1. The van der Waals surface area contributed by atoms with Gasteiger partial charge in [0, 0.05) is 49.4 Å². The molecule has 6 heteroatoms. The Morgan fingerprint density at radius 3 is 2.24 bits per heavy atom. The lowest BCUT2D eigenvalue weighted by Gasteiger charge is -2.44. The normalized spacial score (nSPS) is 23.4. The second-order valence-corrected chi connectivity index (χ2v) is 9.91. The fourth-order valence-corrected chi connectivity index (χ4v) is 5.96. The van der Waals surface area contributed by atoms with Crippen molar-refractivity contribution >= 4 is 11.8 Å². The Morgan fingerprint density at radius 1 is 0.892 bits per heavy atom. The predicted octanol–water partition coefficient (Wildman–Crippen LogP) is 3.73. The topological polar surface area (TPSA) is 61.9 Å². The van der Waals surface area contributed by atoms with Crippen molar-refractivity contribution < 1.29 is 14.3 Å². The van der Waals surface area contributed by atoms with E-state index >= 15 is 0 Å². The van der Waals surface area contributed by atoms with E-state index in [4.69, 9.17) is 4.74 Å². The first-order valence-corrected chi connectivity index (χ1v) is 13.0. The fraction of sp³-hybridized carbons (Fsp3) is 0.290. The molecule has 188 valence electrons. The van der Waals surface area contributed by atoms with E-state index in [0.29, 0.717) is 25.2 Å². The maximum Gasteiger partial charge on any atom is 0.327 e. The zero-order valence-electron chi connectivity index (χ0n) is 20.8. The third kappa shape index (κ3) is 4.21. The van der Waals surface area contributed by atoms with Crippen LogP contribution in [0.5, 0.6) is 0 Å². The molecule has 0 amide bonds. The molecule has 3 aliphatic heterocycles. The largest absolute Gasteiger partial charge is 0.434 e. The van der Waals surface area contributed by atoms with Crippen LogP contribution in [0.1, 0.15) is 33.5 Å². The summed E-state index contributed by atoms with van der Waals surface area (Å²) in [5.41, 5.74) is 2.22. The number of hydrogen-bond acceptors (Lipinski definition) is 6. The summed E-state index contributed by atoms with van der Waals surface area (Å²) in [5.74, 6) is -0.305. The molecule has 0 aliphatic carbocycles. The molecule has 6 rings (SSSR count). The average molecular weight is 494 g/mol. The Bertz CT molecular complexity index is 1270. The van der Waals surface area contributed by atoms with Gasteiger partial charge in [0.15, 0.2) is 5.78 Å². The summed E-state index contributed by atoms with van der Waals surface area (Å²) in [6, 6.07) is 26.3. The number of esters is 1. The van der Waals surface area contributed by atoms with Gasteiger partial charge in [-0.1, -0.05) is 97.1 Å². The lowest BCUT2D eigenvalue weighted by atomic mass is 9.87. The number of hydrogen-bond donors (Lipinski definition) is 1. The monoisotopic (exact) mass is 493 g/mol. The highest BCUT2D eigenvalue weighted by Gasteiger charge is 2.60. The maximum atomic E-state index is 14.4. The summed E-state index contributed by atoms with van der Waals surface area (Å²) in [5, 5.41) is 3.35. The first-order valence-electron chi connectivity index (χ1n) is 13.0. The number of cyclic esters (lactones) is 1. The molecule has 0 aromatic heterocycles. The van der Waals surface area contributed by atoms with Crippen molar-refractivity contribution in [3.05, 3.63) is 119 Å². The van der Waals surface area contributed by atoms with E-state index in [1.165, 1.54) is 0 Å². The lowest BCUT2D eigenvalue weighted by molar-refractivity contribution is -0.150. The molecule has 0 saturated carbocycles. The minimum Gasteiger partial charge on any atom is -0.434 e. The molecule has 2 saturated heterocycles. The van der Waals surface area contributed by atoms with Gasteiger partial charge in [0.25, 0.3) is 0 Å². The third-order valence-corrected chi connectivity index (χ3v) is 7.68. The Labute approximate surface area is 217 Å². The van der Waals surface area contributed by atoms with Gasteiger partial charge >= 0.3 is 5.97 Å². The number of nitrogens with one attached hydrogen (secondary N) is 1. The summed E-state index contributed by atoms with van der Waals surface area (Å²) in [4.78, 5) is 32.1. The van der Waals surface area contributed by atoms with E-state index in [1.54, 1.807) is 0 Å². The van der Waals surface area contributed by atoms with Gasteiger partial charge in [0.1, 0.15) is 6.04 Å². The Balaban J connectivity index is 1.44. The zero-order chi connectivity index (χ0) is 25.2. The van der Waals surface area contributed by atoms with Crippen molar-refractivity contribution in [2.45, 2.75) is 30.8 Å². The Hall–Kier alpha value is -3.58. The van der Waals surface area contributed by atoms with Gasteiger partial charge in [0.05, 0.1) is 6.04 Å². The number of Topliss-reactive ketones (excluding diaryl/α,β-unsaturated/α-hetero) is 1. The second-order valence-electron chi connectivity index (χ2n) is 9.91. The van der Waals surface area contributed by atoms with Crippen molar-refractivity contribution in [2.75, 3.05) is 26.2 Å². The minimum absolute atomic E-state index is 0.00916. The van der Waals surface area contributed by atoms with Crippen LogP contribution in [0.2, 0.25) is 0 Å². The minimum atomic E-state index is -1.18. The van der Waals surface area contributed by atoms with Crippen molar-refractivity contribution in [1.82, 2.24) is 15.1 Å². The van der Waals surface area contributed by atoms with Crippen LogP contribution < -0.4 is 5.32 Å². The summed E-state index contributed by atoms with van der Waals surface area (Å²) in [7, 11) is 0. The highest BCUT2D eigenvalue weighted by Crippen LogP contribution is 2.46. The summed E-state index contributed by atoms with van der Waals surface area (Å²) in [6.45, 7) is 3.45. The van der Waals surface area contributed by atoms with Gasteiger partial charge in [-0.15, -0.1) is 0 Å². The van der Waals surface area contributed by atoms with Gasteiger partial charge in [-0.2, -0.15) is 0 Å². The highest BCUT2D eigenvalue weighted by molar-refractivity contribution is 6.02. The zero-order valence-corrected chi connectivity index (χ0v) is 20.8. The number of rotatable bonds is 6. The van der Waals surface area contributed by atoms with Gasteiger partial charge in [-0.05, 0) is 12.0 Å². The van der Waals surface area contributed by atoms with Crippen LogP contribution in [-0.2, 0) is 21.8 Å². The van der Waals surface area contributed by atoms with Crippen molar-refractivity contribution in [3.8, 4) is 0 Å². The van der Waals surface area contributed by atoms with Crippen molar-refractivity contribution in [3.63, 3.8) is 0 Å². The molecule has 3 heterocycles.